The molecule has 1 aromatic rings. The van der Waals surface area contributed by atoms with Gasteiger partial charge < -0.3 is 4.98 Å². The van der Waals surface area contributed by atoms with Crippen molar-refractivity contribution >= 4 is 24.4 Å². The molecule has 0 radical (unpaired) electrons. The molecule has 72 valence electrons. The van der Waals surface area contributed by atoms with Crippen molar-refractivity contribution in [2.45, 2.75) is 18.0 Å². The summed E-state index contributed by atoms with van der Waals surface area (Å²) >= 11 is 5.69. The monoisotopic (exact) mass is 216 g/mol. The number of hydrogen-bond donors (Lipinski definition) is 2. The lowest BCUT2D eigenvalue weighted by atomic mass is 10.4. The van der Waals surface area contributed by atoms with Crippen molar-refractivity contribution in [3.8, 4) is 0 Å². The van der Waals surface area contributed by atoms with Crippen LogP contribution in [0.5, 0.6) is 0 Å². The van der Waals surface area contributed by atoms with Crippen LogP contribution in [0.15, 0.2) is 22.2 Å². The van der Waals surface area contributed by atoms with Crippen molar-refractivity contribution < 1.29 is 0 Å². The van der Waals surface area contributed by atoms with Crippen molar-refractivity contribution in [3.63, 3.8) is 0 Å². The van der Waals surface area contributed by atoms with Crippen molar-refractivity contribution in [1.82, 2.24) is 9.97 Å². The number of nitrogens with one attached hydrogen (secondary N) is 1. The molecule has 0 fully saturated rings. The Bertz CT molecular complexity index is 300. The smallest absolute Gasteiger partial charge is 0.251 e. The van der Waals surface area contributed by atoms with Crippen LogP contribution < -0.4 is 5.56 Å². The number of nitrogens with zero attached hydrogens (tertiary/aromatic N) is 1. The van der Waals surface area contributed by atoms with Gasteiger partial charge in [-0.05, 0) is 18.6 Å². The Morgan fingerprint density at radius 2 is 2.38 bits per heavy atom. The maximum atomic E-state index is 10.9. The SMILES string of the molecule is O=c1ccnc(SCCCCS)[nH]1. The fraction of sp³-hybridized carbons (Fsp3) is 0.500. The molecule has 0 atom stereocenters. The van der Waals surface area contributed by atoms with Gasteiger partial charge in [0.05, 0.1) is 0 Å². The molecule has 0 unspecified atom stereocenters. The lowest BCUT2D eigenvalue weighted by Crippen LogP contribution is -2.05. The number of unbranched alkanes of at least 4 members (excludes halogenated alkanes) is 1. The van der Waals surface area contributed by atoms with Gasteiger partial charge in [-0.1, -0.05) is 11.8 Å². The minimum Gasteiger partial charge on any atom is -0.301 e. The van der Waals surface area contributed by atoms with Gasteiger partial charge in [-0.15, -0.1) is 0 Å². The summed E-state index contributed by atoms with van der Waals surface area (Å²) in [6.07, 6.45) is 3.74. The van der Waals surface area contributed by atoms with Gasteiger partial charge >= 0.3 is 0 Å². The van der Waals surface area contributed by atoms with Crippen LogP contribution in [0.3, 0.4) is 0 Å². The van der Waals surface area contributed by atoms with Crippen molar-refractivity contribution in [2.24, 2.45) is 0 Å². The second kappa shape index (κ2) is 6.10. The van der Waals surface area contributed by atoms with E-state index in [9.17, 15) is 4.79 Å². The van der Waals surface area contributed by atoms with Gasteiger partial charge in [0.2, 0.25) is 0 Å². The maximum absolute atomic E-state index is 10.9. The lowest BCUT2D eigenvalue weighted by molar-refractivity contribution is 0.894. The van der Waals surface area contributed by atoms with E-state index in [1.54, 1.807) is 11.8 Å². The number of aromatic nitrogens is 2. The molecular formula is C8H12N2OS2. The van der Waals surface area contributed by atoms with Crippen LogP contribution in [0.2, 0.25) is 0 Å². The molecule has 0 aliphatic rings. The fourth-order valence-electron chi connectivity index (χ4n) is 0.808. The molecule has 5 heteroatoms. The largest absolute Gasteiger partial charge is 0.301 e. The minimum absolute atomic E-state index is 0.0910. The lowest BCUT2D eigenvalue weighted by Gasteiger charge is -1.98. The summed E-state index contributed by atoms with van der Waals surface area (Å²) in [5.74, 6) is 1.90. The Kier molecular flexibility index (Phi) is 5.00. The number of hydrogen-bond acceptors (Lipinski definition) is 4. The molecule has 0 spiro atoms. The van der Waals surface area contributed by atoms with E-state index in [4.69, 9.17) is 0 Å². The predicted octanol–water partition coefficient (Wildman–Crippen LogP) is 1.57. The number of thiol groups is 1. The third kappa shape index (κ3) is 4.38. The van der Waals surface area contributed by atoms with Crippen LogP contribution in [0, 0.1) is 0 Å². The topological polar surface area (TPSA) is 45.8 Å². The Labute approximate surface area is 86.8 Å². The van der Waals surface area contributed by atoms with Crippen LogP contribution in [0.25, 0.3) is 0 Å². The molecule has 0 saturated carbocycles. The fourth-order valence-corrected chi connectivity index (χ4v) is 1.88. The van der Waals surface area contributed by atoms with Gasteiger partial charge in [0.25, 0.3) is 5.56 Å². The zero-order chi connectivity index (χ0) is 9.52. The molecule has 1 N–H and O–H groups in total. The third-order valence-corrected chi connectivity index (χ3v) is 2.73. The van der Waals surface area contributed by atoms with E-state index in [1.165, 1.54) is 12.3 Å². The predicted molar refractivity (Wildman–Crippen MR) is 58.7 cm³/mol. The molecule has 0 saturated heterocycles. The van der Waals surface area contributed by atoms with Crippen LogP contribution in [-0.4, -0.2) is 21.5 Å². The van der Waals surface area contributed by atoms with Gasteiger partial charge in [0.15, 0.2) is 5.16 Å². The maximum Gasteiger partial charge on any atom is 0.251 e. The van der Waals surface area contributed by atoms with Gasteiger partial charge in [-0.3, -0.25) is 4.79 Å². The first kappa shape index (κ1) is 10.7. The molecule has 13 heavy (non-hydrogen) atoms. The average molecular weight is 216 g/mol. The Morgan fingerprint density at radius 1 is 1.54 bits per heavy atom. The highest BCUT2D eigenvalue weighted by Gasteiger charge is 1.95. The molecule has 1 rings (SSSR count). The second-order valence-corrected chi connectivity index (χ2v) is 4.05. The summed E-state index contributed by atoms with van der Waals surface area (Å²) in [6, 6.07) is 1.41. The van der Waals surface area contributed by atoms with Gasteiger partial charge in [-0.25, -0.2) is 4.98 Å². The molecular weight excluding hydrogens is 204 g/mol. The summed E-state index contributed by atoms with van der Waals surface area (Å²) in [7, 11) is 0. The normalized spacial score (nSPS) is 10.2. The van der Waals surface area contributed by atoms with Crippen LogP contribution in [0.1, 0.15) is 12.8 Å². The Balaban J connectivity index is 2.33. The second-order valence-electron chi connectivity index (χ2n) is 2.52. The highest BCUT2D eigenvalue weighted by atomic mass is 32.2. The van der Waals surface area contributed by atoms with Gasteiger partial charge in [0, 0.05) is 18.0 Å². The molecule has 0 aliphatic heterocycles. The number of H-pyrrole nitrogens is 1. The van der Waals surface area contributed by atoms with E-state index in [-0.39, 0.29) is 5.56 Å². The third-order valence-electron chi connectivity index (χ3n) is 1.44. The molecule has 0 aromatic carbocycles. The van der Waals surface area contributed by atoms with Gasteiger partial charge in [-0.2, -0.15) is 12.6 Å². The van der Waals surface area contributed by atoms with E-state index in [0.717, 1.165) is 24.3 Å². The highest BCUT2D eigenvalue weighted by Crippen LogP contribution is 2.12. The van der Waals surface area contributed by atoms with E-state index in [2.05, 4.69) is 22.6 Å². The number of thioether (sulfide) groups is 1. The molecule has 1 heterocycles. The summed E-state index contributed by atoms with van der Waals surface area (Å²) < 4.78 is 0. The van der Waals surface area contributed by atoms with Crippen molar-refractivity contribution in [1.29, 1.82) is 0 Å². The van der Waals surface area contributed by atoms with Gasteiger partial charge in [0.1, 0.15) is 0 Å². The van der Waals surface area contributed by atoms with E-state index in [1.807, 2.05) is 0 Å². The molecule has 1 aromatic heterocycles. The first-order valence-electron chi connectivity index (χ1n) is 4.12. The molecule has 0 amide bonds. The Morgan fingerprint density at radius 3 is 3.08 bits per heavy atom. The first-order chi connectivity index (χ1) is 6.33. The van der Waals surface area contributed by atoms with Crippen molar-refractivity contribution in [2.75, 3.05) is 11.5 Å². The molecule has 0 bridgehead atoms. The summed E-state index contributed by atoms with van der Waals surface area (Å²) in [4.78, 5) is 17.5. The zero-order valence-electron chi connectivity index (χ0n) is 7.19. The highest BCUT2D eigenvalue weighted by molar-refractivity contribution is 7.99. The standard InChI is InChI=1S/C8H12N2OS2/c11-7-3-4-9-8(10-7)13-6-2-1-5-12/h3-4,12H,1-2,5-6H2,(H,9,10,11). The molecule has 0 aliphatic carbocycles. The van der Waals surface area contributed by atoms with Crippen molar-refractivity contribution in [3.05, 3.63) is 22.6 Å². The van der Waals surface area contributed by atoms with Crippen LogP contribution in [-0.2, 0) is 0 Å². The van der Waals surface area contributed by atoms with E-state index in [0.29, 0.717) is 5.16 Å². The average Bonchev–Trinajstić information content (AvgIpc) is 2.13. The number of aromatic amines is 1. The van der Waals surface area contributed by atoms with Crippen LogP contribution >= 0.6 is 24.4 Å². The first-order valence-corrected chi connectivity index (χ1v) is 5.74. The minimum atomic E-state index is -0.0910. The summed E-state index contributed by atoms with van der Waals surface area (Å²) in [5.41, 5.74) is -0.0910. The Hall–Kier alpha value is -0.420. The van der Waals surface area contributed by atoms with E-state index < -0.39 is 0 Å². The zero-order valence-corrected chi connectivity index (χ0v) is 8.90. The van der Waals surface area contributed by atoms with E-state index >= 15 is 0 Å². The summed E-state index contributed by atoms with van der Waals surface area (Å²) in [5, 5.41) is 0.701. The van der Waals surface area contributed by atoms with Crippen LogP contribution in [0.4, 0.5) is 0 Å². The summed E-state index contributed by atoms with van der Waals surface area (Å²) in [6.45, 7) is 0. The number of rotatable bonds is 5. The quantitative estimate of drug-likeness (QED) is 0.340. The molecule has 3 nitrogen and oxygen atoms in total.